The molecule has 1 heterocycles. The van der Waals surface area contributed by atoms with Gasteiger partial charge in [0.25, 0.3) is 0 Å². The van der Waals surface area contributed by atoms with Gasteiger partial charge in [0.1, 0.15) is 18.1 Å². The van der Waals surface area contributed by atoms with E-state index >= 15 is 0 Å². The number of carboxylic acid groups (broad SMARTS) is 1. The molecule has 0 fully saturated rings. The van der Waals surface area contributed by atoms with E-state index in [9.17, 15) is 19.2 Å². The molecular formula is C18H30N6O6. The summed E-state index contributed by atoms with van der Waals surface area (Å²) in [6.45, 7) is 4.18. The molecule has 0 saturated heterocycles. The second-order valence-electron chi connectivity index (χ2n) is 7.07. The lowest BCUT2D eigenvalue weighted by molar-refractivity contribution is -0.143. The summed E-state index contributed by atoms with van der Waals surface area (Å²) in [5.74, 6) is -3.58. The number of imidazole rings is 1. The van der Waals surface area contributed by atoms with Crippen molar-refractivity contribution in [2.75, 3.05) is 6.61 Å². The summed E-state index contributed by atoms with van der Waals surface area (Å²) >= 11 is 0. The average molecular weight is 426 g/mol. The molecule has 0 bridgehead atoms. The summed E-state index contributed by atoms with van der Waals surface area (Å²) in [5.41, 5.74) is 6.58. The van der Waals surface area contributed by atoms with E-state index in [1.54, 1.807) is 13.1 Å². The predicted octanol–water partition coefficient (Wildman–Crippen LogP) is -2.12. The Bertz CT molecular complexity index is 725. The number of aliphatic hydroxyl groups is 1. The summed E-state index contributed by atoms with van der Waals surface area (Å²) in [6, 6.07) is -4.43. The van der Waals surface area contributed by atoms with Crippen molar-refractivity contribution in [3.05, 3.63) is 18.2 Å². The smallest absolute Gasteiger partial charge is 0.328 e. The Morgan fingerprint density at radius 1 is 1.13 bits per heavy atom. The summed E-state index contributed by atoms with van der Waals surface area (Å²) in [4.78, 5) is 54.9. The van der Waals surface area contributed by atoms with Crippen LogP contribution < -0.4 is 21.7 Å². The zero-order chi connectivity index (χ0) is 22.8. The minimum atomic E-state index is -1.48. The summed E-state index contributed by atoms with van der Waals surface area (Å²) in [7, 11) is 0. The number of carboxylic acids is 1. The fourth-order valence-electron chi connectivity index (χ4n) is 2.54. The van der Waals surface area contributed by atoms with Crippen molar-refractivity contribution in [2.24, 2.45) is 11.7 Å². The van der Waals surface area contributed by atoms with Crippen LogP contribution in [0.5, 0.6) is 0 Å². The number of amides is 3. The SMILES string of the molecule is CCC(C)C(NC(=O)C(N)Cc1cnc[nH]1)C(=O)NC(C)C(=O)NC(CO)C(=O)O. The number of aliphatic carboxylic acids is 1. The lowest BCUT2D eigenvalue weighted by Gasteiger charge is -2.26. The van der Waals surface area contributed by atoms with E-state index in [0.29, 0.717) is 12.1 Å². The fourth-order valence-corrected chi connectivity index (χ4v) is 2.54. The van der Waals surface area contributed by atoms with E-state index in [0.717, 1.165) is 0 Å². The average Bonchev–Trinajstić information content (AvgIpc) is 3.21. The Morgan fingerprint density at radius 3 is 2.30 bits per heavy atom. The molecule has 0 spiro atoms. The van der Waals surface area contributed by atoms with Crippen LogP contribution in [0.4, 0.5) is 0 Å². The Hall–Kier alpha value is -2.99. The highest BCUT2D eigenvalue weighted by atomic mass is 16.4. The molecule has 0 aliphatic rings. The summed E-state index contributed by atoms with van der Waals surface area (Å²) in [5, 5.41) is 25.1. The van der Waals surface area contributed by atoms with Gasteiger partial charge in [0.2, 0.25) is 17.7 Å². The van der Waals surface area contributed by atoms with Gasteiger partial charge >= 0.3 is 5.97 Å². The molecule has 30 heavy (non-hydrogen) atoms. The minimum absolute atomic E-state index is 0.206. The van der Waals surface area contributed by atoms with Crippen molar-refractivity contribution >= 4 is 23.7 Å². The topological polar surface area (TPSA) is 200 Å². The number of aromatic nitrogens is 2. The van der Waals surface area contributed by atoms with E-state index in [4.69, 9.17) is 15.9 Å². The Kier molecular flexibility index (Phi) is 9.92. The molecule has 168 valence electrons. The number of carbonyl (C=O) groups excluding carboxylic acids is 3. The number of carbonyl (C=O) groups is 4. The number of hydrogen-bond acceptors (Lipinski definition) is 7. The number of nitrogens with two attached hydrogens (primary N) is 1. The Morgan fingerprint density at radius 2 is 1.80 bits per heavy atom. The largest absolute Gasteiger partial charge is 0.480 e. The van der Waals surface area contributed by atoms with Crippen molar-refractivity contribution in [1.82, 2.24) is 25.9 Å². The highest BCUT2D eigenvalue weighted by Crippen LogP contribution is 2.09. The van der Waals surface area contributed by atoms with Crippen LogP contribution in [0.1, 0.15) is 32.9 Å². The van der Waals surface area contributed by atoms with Gasteiger partial charge in [-0.05, 0) is 12.8 Å². The predicted molar refractivity (Wildman–Crippen MR) is 106 cm³/mol. The molecule has 8 N–H and O–H groups in total. The molecule has 12 nitrogen and oxygen atoms in total. The van der Waals surface area contributed by atoms with Crippen molar-refractivity contribution in [1.29, 1.82) is 0 Å². The molecule has 0 aliphatic heterocycles. The maximum atomic E-state index is 12.7. The molecule has 12 heteroatoms. The van der Waals surface area contributed by atoms with Gasteiger partial charge < -0.3 is 36.9 Å². The first-order valence-electron chi connectivity index (χ1n) is 9.58. The molecule has 0 saturated carbocycles. The van der Waals surface area contributed by atoms with Gasteiger partial charge in [0.15, 0.2) is 0 Å². The molecule has 0 aromatic carbocycles. The third kappa shape index (κ3) is 7.44. The minimum Gasteiger partial charge on any atom is -0.480 e. The van der Waals surface area contributed by atoms with E-state index in [-0.39, 0.29) is 12.3 Å². The fraction of sp³-hybridized carbons (Fsp3) is 0.611. The maximum Gasteiger partial charge on any atom is 0.328 e. The highest BCUT2D eigenvalue weighted by molar-refractivity contribution is 5.94. The van der Waals surface area contributed by atoms with Crippen LogP contribution in [0.25, 0.3) is 0 Å². The first-order valence-corrected chi connectivity index (χ1v) is 9.58. The number of rotatable bonds is 12. The molecule has 0 radical (unpaired) electrons. The van der Waals surface area contributed by atoms with Crippen molar-refractivity contribution < 1.29 is 29.4 Å². The second-order valence-corrected chi connectivity index (χ2v) is 7.07. The summed E-state index contributed by atoms with van der Waals surface area (Å²) in [6.07, 6.45) is 3.79. The van der Waals surface area contributed by atoms with Crippen LogP contribution in [0.15, 0.2) is 12.5 Å². The van der Waals surface area contributed by atoms with Crippen LogP contribution in [0.2, 0.25) is 0 Å². The van der Waals surface area contributed by atoms with Crippen molar-refractivity contribution in [2.45, 2.75) is 57.8 Å². The van der Waals surface area contributed by atoms with Gasteiger partial charge in [-0.15, -0.1) is 0 Å². The molecule has 3 amide bonds. The van der Waals surface area contributed by atoms with Crippen LogP contribution in [0.3, 0.4) is 0 Å². The number of hydrogen-bond donors (Lipinski definition) is 7. The first kappa shape index (κ1) is 25.0. The number of nitrogens with zero attached hydrogens (tertiary/aromatic N) is 1. The molecular weight excluding hydrogens is 396 g/mol. The zero-order valence-corrected chi connectivity index (χ0v) is 17.2. The zero-order valence-electron chi connectivity index (χ0n) is 17.2. The molecule has 1 aromatic rings. The van der Waals surface area contributed by atoms with E-state index in [1.165, 1.54) is 13.3 Å². The van der Waals surface area contributed by atoms with Crippen LogP contribution in [-0.2, 0) is 25.6 Å². The van der Waals surface area contributed by atoms with Crippen LogP contribution in [0, 0.1) is 5.92 Å². The molecule has 0 aliphatic carbocycles. The number of H-pyrrole nitrogens is 1. The van der Waals surface area contributed by atoms with Gasteiger partial charge in [0.05, 0.1) is 19.0 Å². The van der Waals surface area contributed by atoms with Gasteiger partial charge in [0, 0.05) is 18.3 Å². The van der Waals surface area contributed by atoms with Crippen molar-refractivity contribution in [3.63, 3.8) is 0 Å². The van der Waals surface area contributed by atoms with E-state index in [1.807, 2.05) is 6.92 Å². The Balaban J connectivity index is 2.74. The van der Waals surface area contributed by atoms with Crippen LogP contribution in [-0.4, -0.2) is 74.6 Å². The van der Waals surface area contributed by atoms with Gasteiger partial charge in [-0.2, -0.15) is 0 Å². The van der Waals surface area contributed by atoms with Crippen molar-refractivity contribution in [3.8, 4) is 0 Å². The monoisotopic (exact) mass is 426 g/mol. The lowest BCUT2D eigenvalue weighted by Crippen LogP contribution is -2.58. The lowest BCUT2D eigenvalue weighted by atomic mass is 9.97. The first-order chi connectivity index (χ1) is 14.1. The molecule has 5 unspecified atom stereocenters. The number of aliphatic hydroxyl groups excluding tert-OH is 1. The van der Waals surface area contributed by atoms with Gasteiger partial charge in [-0.1, -0.05) is 20.3 Å². The maximum absolute atomic E-state index is 12.7. The summed E-state index contributed by atoms with van der Waals surface area (Å²) < 4.78 is 0. The van der Waals surface area contributed by atoms with Gasteiger partial charge in [-0.25, -0.2) is 9.78 Å². The Labute approximate surface area is 174 Å². The molecule has 1 aromatic heterocycles. The third-order valence-corrected chi connectivity index (χ3v) is 4.67. The highest BCUT2D eigenvalue weighted by Gasteiger charge is 2.30. The van der Waals surface area contributed by atoms with Gasteiger partial charge in [-0.3, -0.25) is 14.4 Å². The second kappa shape index (κ2) is 11.9. The molecule has 1 rings (SSSR count). The van der Waals surface area contributed by atoms with E-state index < -0.39 is 54.5 Å². The third-order valence-electron chi connectivity index (χ3n) is 4.67. The normalized spacial score (nSPS) is 15.9. The standard InChI is InChI=1S/C18H30N6O6/c1-4-9(2)14(24-16(27)12(19)5-11-6-20-8-21-11)17(28)22-10(3)15(26)23-13(7-25)18(29)30/h6,8-10,12-14,25H,4-5,7,19H2,1-3H3,(H,20,21)(H,22,28)(H,23,26)(H,24,27)(H,29,30). The number of aromatic amines is 1. The number of nitrogens with one attached hydrogen (secondary N) is 4. The quantitative estimate of drug-likeness (QED) is 0.196. The van der Waals surface area contributed by atoms with Crippen LogP contribution >= 0.6 is 0 Å². The van der Waals surface area contributed by atoms with E-state index in [2.05, 4.69) is 25.9 Å². The molecule has 5 atom stereocenters.